The van der Waals surface area contributed by atoms with Gasteiger partial charge in [-0.2, -0.15) is 0 Å². The molecule has 1 aliphatic rings. The Morgan fingerprint density at radius 1 is 1.06 bits per heavy atom. The van der Waals surface area contributed by atoms with E-state index < -0.39 is 0 Å². The van der Waals surface area contributed by atoms with Gasteiger partial charge in [-0.15, -0.1) is 11.3 Å². The molecule has 4 aromatic rings. The molecule has 164 valence electrons. The Hall–Kier alpha value is -3.97. The van der Waals surface area contributed by atoms with Crippen LogP contribution in [0.4, 0.5) is 11.4 Å². The predicted molar refractivity (Wildman–Crippen MR) is 131 cm³/mol. The van der Waals surface area contributed by atoms with Gasteiger partial charge in [0, 0.05) is 22.2 Å². The Morgan fingerprint density at radius 3 is 2.73 bits per heavy atom. The maximum atomic E-state index is 12.7. The highest BCUT2D eigenvalue weighted by atomic mass is 32.1. The van der Waals surface area contributed by atoms with Gasteiger partial charge in [0.15, 0.2) is 6.61 Å². The molecular weight excluding hydrogens is 434 g/mol. The number of hydrogen-bond acceptors (Lipinski definition) is 5. The van der Waals surface area contributed by atoms with E-state index in [2.05, 4.69) is 5.32 Å². The van der Waals surface area contributed by atoms with E-state index in [0.29, 0.717) is 17.1 Å². The molecule has 0 radical (unpaired) electrons. The molecule has 6 nitrogen and oxygen atoms in total. The molecule has 2 amide bonds. The molecule has 2 heterocycles. The molecule has 0 bridgehead atoms. The minimum absolute atomic E-state index is 0.0983. The number of aromatic nitrogens is 1. The van der Waals surface area contributed by atoms with Crippen LogP contribution >= 0.6 is 11.3 Å². The van der Waals surface area contributed by atoms with Gasteiger partial charge in [0.2, 0.25) is 5.91 Å². The minimum atomic E-state index is -0.271. The highest BCUT2D eigenvalue weighted by Gasteiger charge is 2.28. The van der Waals surface area contributed by atoms with E-state index in [1.807, 2.05) is 85.1 Å². The summed E-state index contributed by atoms with van der Waals surface area (Å²) in [7, 11) is 0. The van der Waals surface area contributed by atoms with Crippen LogP contribution in [0.3, 0.4) is 0 Å². The van der Waals surface area contributed by atoms with Gasteiger partial charge in [-0.25, -0.2) is 4.98 Å². The van der Waals surface area contributed by atoms with E-state index in [1.54, 1.807) is 11.3 Å². The lowest BCUT2D eigenvalue weighted by Gasteiger charge is -2.29. The largest absolute Gasteiger partial charge is 0.482 e. The van der Waals surface area contributed by atoms with Crippen LogP contribution in [0.15, 0.2) is 78.2 Å². The number of ether oxygens (including phenoxy) is 1. The Labute approximate surface area is 195 Å². The normalized spacial score (nSPS) is 12.8. The molecule has 1 aliphatic heterocycles. The maximum Gasteiger partial charge on any atom is 0.265 e. The third kappa shape index (κ3) is 4.49. The summed E-state index contributed by atoms with van der Waals surface area (Å²) < 4.78 is 5.61. The first-order valence-electron chi connectivity index (χ1n) is 10.5. The number of hydrogen-bond donors (Lipinski definition) is 1. The van der Waals surface area contributed by atoms with Crippen molar-refractivity contribution in [3.05, 3.63) is 83.7 Å². The molecule has 1 N–H and O–H groups in total. The van der Waals surface area contributed by atoms with Crippen molar-refractivity contribution in [3.8, 4) is 27.6 Å². The summed E-state index contributed by atoms with van der Waals surface area (Å²) in [6.07, 6.45) is 0. The fourth-order valence-electron chi connectivity index (χ4n) is 3.72. The zero-order chi connectivity index (χ0) is 22.8. The third-order valence-electron chi connectivity index (χ3n) is 5.33. The number of nitrogens with one attached hydrogen (secondary N) is 1. The molecule has 0 saturated heterocycles. The van der Waals surface area contributed by atoms with Crippen molar-refractivity contribution in [2.75, 3.05) is 23.4 Å². The number of aryl methyl sites for hydroxylation is 1. The van der Waals surface area contributed by atoms with Crippen LogP contribution in [0.5, 0.6) is 5.75 Å². The average Bonchev–Trinajstić information content (AvgIpc) is 3.32. The van der Waals surface area contributed by atoms with Gasteiger partial charge >= 0.3 is 0 Å². The fraction of sp³-hybridized carbons (Fsp3) is 0.115. The van der Waals surface area contributed by atoms with E-state index >= 15 is 0 Å². The monoisotopic (exact) mass is 455 g/mol. The molecule has 0 spiro atoms. The Morgan fingerprint density at radius 2 is 1.91 bits per heavy atom. The van der Waals surface area contributed by atoms with E-state index in [9.17, 15) is 9.59 Å². The Kier molecular flexibility index (Phi) is 5.62. The van der Waals surface area contributed by atoms with Gasteiger partial charge in [-0.1, -0.05) is 42.5 Å². The van der Waals surface area contributed by atoms with Gasteiger partial charge in [-0.3, -0.25) is 14.5 Å². The Bertz CT molecular complexity index is 1330. The van der Waals surface area contributed by atoms with Crippen LogP contribution in [0.2, 0.25) is 0 Å². The number of nitrogens with zero attached hydrogens (tertiary/aromatic N) is 2. The lowest BCUT2D eigenvalue weighted by atomic mass is 10.1. The van der Waals surface area contributed by atoms with Gasteiger partial charge in [0.1, 0.15) is 17.3 Å². The number of fused-ring (bicyclic) bond motifs is 1. The van der Waals surface area contributed by atoms with Crippen molar-refractivity contribution in [2.45, 2.75) is 6.92 Å². The van der Waals surface area contributed by atoms with Crippen molar-refractivity contribution in [1.29, 1.82) is 0 Å². The predicted octanol–water partition coefficient (Wildman–Crippen LogP) is 5.15. The van der Waals surface area contributed by atoms with E-state index in [0.717, 1.165) is 27.4 Å². The first-order valence-corrected chi connectivity index (χ1v) is 11.4. The van der Waals surface area contributed by atoms with Crippen LogP contribution < -0.4 is 15.0 Å². The number of rotatable bonds is 5. The highest BCUT2D eigenvalue weighted by Crippen LogP contribution is 2.37. The molecule has 3 aromatic carbocycles. The first kappa shape index (κ1) is 20.9. The smallest absolute Gasteiger partial charge is 0.265 e. The lowest BCUT2D eigenvalue weighted by Crippen LogP contribution is -2.43. The summed E-state index contributed by atoms with van der Waals surface area (Å²) in [6.45, 7) is 1.76. The molecule has 0 unspecified atom stereocenters. The summed E-state index contributed by atoms with van der Waals surface area (Å²) in [6, 6.07) is 23.1. The van der Waals surface area contributed by atoms with Gasteiger partial charge in [0.05, 0.1) is 11.4 Å². The SMILES string of the molecule is Cc1cccc(NC(=O)CN2C(=O)COc3ccc(-c4csc(-c5ccccc5)n4)cc32)c1. The molecule has 7 heteroatoms. The molecule has 5 rings (SSSR count). The van der Waals surface area contributed by atoms with Crippen molar-refractivity contribution < 1.29 is 14.3 Å². The van der Waals surface area contributed by atoms with E-state index in [1.165, 1.54) is 4.90 Å². The number of carbonyl (C=O) groups is 2. The molecular formula is C26H21N3O3S. The van der Waals surface area contributed by atoms with E-state index in [4.69, 9.17) is 9.72 Å². The van der Waals surface area contributed by atoms with Crippen LogP contribution in [0, 0.1) is 6.92 Å². The molecule has 0 saturated carbocycles. The number of amides is 2. The molecule has 1 aromatic heterocycles. The maximum absolute atomic E-state index is 12.7. The zero-order valence-corrected chi connectivity index (χ0v) is 18.8. The minimum Gasteiger partial charge on any atom is -0.482 e. The van der Waals surface area contributed by atoms with Crippen molar-refractivity contribution in [1.82, 2.24) is 4.98 Å². The zero-order valence-electron chi connectivity index (χ0n) is 17.9. The fourth-order valence-corrected chi connectivity index (χ4v) is 4.56. The van der Waals surface area contributed by atoms with Crippen molar-refractivity contribution in [2.24, 2.45) is 0 Å². The summed E-state index contributed by atoms with van der Waals surface area (Å²) in [4.78, 5) is 31.6. The second-order valence-corrected chi connectivity index (χ2v) is 8.63. The number of anilines is 2. The highest BCUT2D eigenvalue weighted by molar-refractivity contribution is 7.13. The second kappa shape index (κ2) is 8.88. The number of carbonyl (C=O) groups excluding carboxylic acids is 2. The summed E-state index contributed by atoms with van der Waals surface area (Å²) >= 11 is 1.56. The quantitative estimate of drug-likeness (QED) is 0.452. The van der Waals surface area contributed by atoms with Crippen LogP contribution in [-0.4, -0.2) is 29.9 Å². The van der Waals surface area contributed by atoms with Gasteiger partial charge < -0.3 is 10.1 Å². The summed E-state index contributed by atoms with van der Waals surface area (Å²) in [5, 5.41) is 5.78. The first-order chi connectivity index (χ1) is 16.1. The molecule has 0 fully saturated rings. The van der Waals surface area contributed by atoms with Crippen LogP contribution in [-0.2, 0) is 9.59 Å². The van der Waals surface area contributed by atoms with E-state index in [-0.39, 0.29) is 25.0 Å². The number of thiazole rings is 1. The molecule has 33 heavy (non-hydrogen) atoms. The number of benzene rings is 3. The molecule has 0 aliphatic carbocycles. The van der Waals surface area contributed by atoms with Gasteiger partial charge in [0.25, 0.3) is 5.91 Å². The lowest BCUT2D eigenvalue weighted by molar-refractivity contribution is -0.123. The second-order valence-electron chi connectivity index (χ2n) is 7.77. The van der Waals surface area contributed by atoms with Crippen LogP contribution in [0.25, 0.3) is 21.8 Å². The third-order valence-corrected chi connectivity index (χ3v) is 6.22. The molecule has 0 atom stereocenters. The topological polar surface area (TPSA) is 71.5 Å². The summed E-state index contributed by atoms with van der Waals surface area (Å²) in [5.74, 6) is 0.0368. The van der Waals surface area contributed by atoms with Crippen molar-refractivity contribution in [3.63, 3.8) is 0 Å². The van der Waals surface area contributed by atoms with Crippen LogP contribution in [0.1, 0.15) is 5.56 Å². The van der Waals surface area contributed by atoms with Gasteiger partial charge in [-0.05, 0) is 42.8 Å². The average molecular weight is 456 g/mol. The van der Waals surface area contributed by atoms with Crippen molar-refractivity contribution >= 4 is 34.5 Å². The summed E-state index contributed by atoms with van der Waals surface area (Å²) in [5.41, 5.74) is 5.03. The Balaban J connectivity index is 1.40. The standard InChI is InChI=1S/C26H21N3O3S/c1-17-6-5-9-20(12-17)27-24(30)14-29-22-13-19(10-11-23(22)32-15-25(29)31)21-16-33-26(28-21)18-7-3-2-4-8-18/h2-13,16H,14-15H2,1H3,(H,27,30).